The molecule has 0 unspecified atom stereocenters. The molecule has 0 aromatic heterocycles. The van der Waals surface area contributed by atoms with E-state index in [0.717, 1.165) is 22.4 Å². The normalized spacial score (nSPS) is 10.4. The minimum absolute atomic E-state index is 0.201. The summed E-state index contributed by atoms with van der Waals surface area (Å²) in [5.41, 5.74) is 4.44. The highest BCUT2D eigenvalue weighted by Crippen LogP contribution is 2.29. The number of nitrogens with one attached hydrogen (secondary N) is 1. The summed E-state index contributed by atoms with van der Waals surface area (Å²) in [5.74, 6) is 0.870. The minimum atomic E-state index is -0.201. The third kappa shape index (κ3) is 5.05. The van der Waals surface area contributed by atoms with Crippen molar-refractivity contribution in [3.05, 3.63) is 87.9 Å². The number of amides is 1. The maximum atomic E-state index is 12.6. The molecule has 0 heterocycles. The molecule has 0 radical (unpaired) electrons. The molecule has 3 rings (SSSR count). The number of ether oxygens (including phenoxy) is 2. The molecule has 0 atom stereocenters. The van der Waals surface area contributed by atoms with Gasteiger partial charge in [0.2, 0.25) is 0 Å². The van der Waals surface area contributed by atoms with E-state index in [2.05, 4.69) is 11.4 Å². The van der Waals surface area contributed by atoms with Crippen LogP contribution in [-0.2, 0) is 6.61 Å². The van der Waals surface area contributed by atoms with Crippen LogP contribution in [0.1, 0.15) is 27.0 Å². The first kappa shape index (κ1) is 19.8. The number of rotatable bonds is 6. The van der Waals surface area contributed by atoms with E-state index in [9.17, 15) is 4.79 Å². The number of benzene rings is 3. The number of hydrogen-bond donors (Lipinski definition) is 1. The van der Waals surface area contributed by atoms with Crippen LogP contribution >= 0.6 is 11.6 Å². The molecule has 3 aromatic carbocycles. The fourth-order valence-electron chi connectivity index (χ4n) is 2.92. The lowest BCUT2D eigenvalue weighted by Crippen LogP contribution is -2.12. The van der Waals surface area contributed by atoms with Crippen molar-refractivity contribution in [2.24, 2.45) is 0 Å². The van der Waals surface area contributed by atoms with Crippen molar-refractivity contribution in [1.82, 2.24) is 0 Å². The molecule has 28 heavy (non-hydrogen) atoms. The number of methoxy groups -OCH3 is 1. The summed E-state index contributed by atoms with van der Waals surface area (Å²) in [6, 6.07) is 18.5. The topological polar surface area (TPSA) is 47.6 Å². The van der Waals surface area contributed by atoms with Crippen LogP contribution in [0.3, 0.4) is 0 Å². The smallest absolute Gasteiger partial charge is 0.255 e. The lowest BCUT2D eigenvalue weighted by molar-refractivity contribution is 0.102. The van der Waals surface area contributed by atoms with Crippen LogP contribution in [0, 0.1) is 13.8 Å². The zero-order valence-corrected chi connectivity index (χ0v) is 16.8. The van der Waals surface area contributed by atoms with Crippen molar-refractivity contribution in [2.45, 2.75) is 20.5 Å². The fourth-order valence-corrected chi connectivity index (χ4v) is 3.05. The highest BCUT2D eigenvalue weighted by molar-refractivity contribution is 6.30. The predicted octanol–water partition coefficient (Wildman–Crippen LogP) is 5.80. The van der Waals surface area contributed by atoms with Crippen molar-refractivity contribution in [3.8, 4) is 11.5 Å². The predicted molar refractivity (Wildman–Crippen MR) is 113 cm³/mol. The van der Waals surface area contributed by atoms with Crippen LogP contribution in [0.4, 0.5) is 5.69 Å². The summed E-state index contributed by atoms with van der Waals surface area (Å²) in [7, 11) is 1.55. The Morgan fingerprint density at radius 3 is 2.25 bits per heavy atom. The molecule has 3 aromatic rings. The molecule has 4 nitrogen and oxygen atoms in total. The van der Waals surface area contributed by atoms with Gasteiger partial charge in [0.1, 0.15) is 6.61 Å². The van der Waals surface area contributed by atoms with Crippen LogP contribution in [0.2, 0.25) is 5.02 Å². The van der Waals surface area contributed by atoms with E-state index in [1.54, 1.807) is 25.3 Å². The zero-order valence-electron chi connectivity index (χ0n) is 16.1. The number of hydrogen-bond acceptors (Lipinski definition) is 3. The molecular formula is C23H22ClNO3. The standard InChI is InChI=1S/C23H22ClNO3/c1-15-10-16(2)12-20(11-15)25-23(26)18-6-9-21(22(13-18)27-3)28-14-17-4-7-19(24)8-5-17/h4-13H,14H2,1-3H3,(H,25,26). The molecule has 5 heteroatoms. The molecule has 0 saturated heterocycles. The van der Waals surface area contributed by atoms with Crippen molar-refractivity contribution in [1.29, 1.82) is 0 Å². The monoisotopic (exact) mass is 395 g/mol. The summed E-state index contributed by atoms with van der Waals surface area (Å²) in [6.07, 6.45) is 0. The number of anilines is 1. The first-order valence-corrected chi connectivity index (χ1v) is 9.27. The number of halogens is 1. The quantitative estimate of drug-likeness (QED) is 0.574. The number of aryl methyl sites for hydroxylation is 2. The molecule has 1 amide bonds. The summed E-state index contributed by atoms with van der Waals surface area (Å²) < 4.78 is 11.2. The second-order valence-corrected chi connectivity index (χ2v) is 7.05. The summed E-state index contributed by atoms with van der Waals surface area (Å²) >= 11 is 5.90. The number of carbonyl (C=O) groups is 1. The molecule has 0 aliphatic rings. The Bertz CT molecular complexity index is 963. The maximum absolute atomic E-state index is 12.6. The van der Waals surface area contributed by atoms with Gasteiger partial charge in [0.25, 0.3) is 5.91 Å². The Kier molecular flexibility index (Phi) is 6.22. The summed E-state index contributed by atoms with van der Waals surface area (Å²) in [6.45, 7) is 4.37. The van der Waals surface area contributed by atoms with Crippen LogP contribution in [0.25, 0.3) is 0 Å². The molecular weight excluding hydrogens is 374 g/mol. The Hall–Kier alpha value is -2.98. The number of carbonyl (C=O) groups excluding carboxylic acids is 1. The van der Waals surface area contributed by atoms with E-state index < -0.39 is 0 Å². The highest BCUT2D eigenvalue weighted by Gasteiger charge is 2.12. The van der Waals surface area contributed by atoms with E-state index in [-0.39, 0.29) is 5.91 Å². The minimum Gasteiger partial charge on any atom is -0.493 e. The largest absolute Gasteiger partial charge is 0.493 e. The highest BCUT2D eigenvalue weighted by atomic mass is 35.5. The van der Waals surface area contributed by atoms with Gasteiger partial charge in [-0.3, -0.25) is 4.79 Å². The van der Waals surface area contributed by atoms with Crippen LogP contribution in [-0.4, -0.2) is 13.0 Å². The van der Waals surface area contributed by atoms with Gasteiger partial charge in [0, 0.05) is 16.3 Å². The molecule has 144 valence electrons. The second kappa shape index (κ2) is 8.81. The van der Waals surface area contributed by atoms with Crippen molar-refractivity contribution in [2.75, 3.05) is 12.4 Å². The van der Waals surface area contributed by atoms with Gasteiger partial charge in [-0.15, -0.1) is 0 Å². The van der Waals surface area contributed by atoms with Gasteiger partial charge in [-0.05, 0) is 73.0 Å². The lowest BCUT2D eigenvalue weighted by Gasteiger charge is -2.13. The van der Waals surface area contributed by atoms with Crippen LogP contribution in [0.15, 0.2) is 60.7 Å². The van der Waals surface area contributed by atoms with Crippen LogP contribution in [0.5, 0.6) is 11.5 Å². The summed E-state index contributed by atoms with van der Waals surface area (Å²) in [4.78, 5) is 12.6. The SMILES string of the molecule is COc1cc(C(=O)Nc2cc(C)cc(C)c2)ccc1OCc1ccc(Cl)cc1. The zero-order chi connectivity index (χ0) is 20.1. The second-order valence-electron chi connectivity index (χ2n) is 6.61. The third-order valence-electron chi connectivity index (χ3n) is 4.21. The summed E-state index contributed by atoms with van der Waals surface area (Å²) in [5, 5.41) is 3.61. The maximum Gasteiger partial charge on any atom is 0.255 e. The first-order valence-electron chi connectivity index (χ1n) is 8.89. The van der Waals surface area contributed by atoms with Gasteiger partial charge >= 0.3 is 0 Å². The first-order chi connectivity index (χ1) is 13.4. The van der Waals surface area contributed by atoms with Crippen molar-refractivity contribution in [3.63, 3.8) is 0 Å². The molecule has 0 saturated carbocycles. The van der Waals surface area contributed by atoms with E-state index in [4.69, 9.17) is 21.1 Å². The van der Waals surface area contributed by atoms with Gasteiger partial charge < -0.3 is 14.8 Å². The molecule has 0 fully saturated rings. The average molecular weight is 396 g/mol. The van der Waals surface area contributed by atoms with Crippen molar-refractivity contribution < 1.29 is 14.3 Å². The fraction of sp³-hybridized carbons (Fsp3) is 0.174. The Morgan fingerprint density at radius 1 is 0.929 bits per heavy atom. The average Bonchev–Trinajstić information content (AvgIpc) is 2.66. The van der Waals surface area contributed by atoms with Crippen molar-refractivity contribution >= 4 is 23.2 Å². The van der Waals surface area contributed by atoms with E-state index in [1.807, 2.05) is 50.2 Å². The van der Waals surface area contributed by atoms with Gasteiger partial charge in [0.05, 0.1) is 7.11 Å². The van der Waals surface area contributed by atoms with Gasteiger partial charge in [-0.2, -0.15) is 0 Å². The Morgan fingerprint density at radius 2 is 1.61 bits per heavy atom. The van der Waals surface area contributed by atoms with E-state index in [0.29, 0.717) is 28.7 Å². The molecule has 0 aliphatic heterocycles. The van der Waals surface area contributed by atoms with Gasteiger partial charge in [-0.25, -0.2) is 0 Å². The van der Waals surface area contributed by atoms with Crippen LogP contribution < -0.4 is 14.8 Å². The molecule has 0 bridgehead atoms. The molecule has 1 N–H and O–H groups in total. The third-order valence-corrected chi connectivity index (χ3v) is 4.46. The Balaban J connectivity index is 1.72. The Labute approximate surface area is 170 Å². The molecule has 0 spiro atoms. The van der Waals surface area contributed by atoms with E-state index in [1.165, 1.54) is 0 Å². The molecule has 0 aliphatic carbocycles. The van der Waals surface area contributed by atoms with E-state index >= 15 is 0 Å². The lowest BCUT2D eigenvalue weighted by atomic mass is 10.1. The van der Waals surface area contributed by atoms with Gasteiger partial charge in [0.15, 0.2) is 11.5 Å². The van der Waals surface area contributed by atoms with Gasteiger partial charge in [-0.1, -0.05) is 29.8 Å².